The molecule has 244 valence electrons. The Labute approximate surface area is 270 Å². The molecule has 2 atom stereocenters. The minimum absolute atomic E-state index is 0.120. The molecule has 1 aliphatic rings. The monoisotopic (exact) mass is 615 g/mol. The summed E-state index contributed by atoms with van der Waals surface area (Å²) in [6.07, 6.45) is 6.79. The van der Waals surface area contributed by atoms with Crippen molar-refractivity contribution in [1.29, 1.82) is 0 Å². The van der Waals surface area contributed by atoms with Crippen LogP contribution in [-0.4, -0.2) is 59.0 Å². The van der Waals surface area contributed by atoms with E-state index in [1.807, 2.05) is 91.9 Å². The highest BCUT2D eigenvalue weighted by molar-refractivity contribution is 5.83. The van der Waals surface area contributed by atoms with Crippen LogP contribution in [0.2, 0.25) is 0 Å². The first-order chi connectivity index (χ1) is 21.9. The van der Waals surface area contributed by atoms with Crippen molar-refractivity contribution in [3.8, 4) is 0 Å². The van der Waals surface area contributed by atoms with Crippen molar-refractivity contribution in [3.05, 3.63) is 107 Å². The molecule has 0 radical (unpaired) electrons. The summed E-state index contributed by atoms with van der Waals surface area (Å²) in [5.74, 6) is -0.249. The molecule has 1 fully saturated rings. The zero-order chi connectivity index (χ0) is 32.1. The summed E-state index contributed by atoms with van der Waals surface area (Å²) in [4.78, 5) is 15.6. The maximum Gasteiger partial charge on any atom is 0.318 e. The standard InChI is InChI=1S/C39H53NO5/c1-3-5-12-25-38(30-41,37(43)45-29-4-2)32-21-19-31(20-22-32)36(42)18-13-26-40-27-23-35(24-28-40)39(44,33-14-8-6-9-15-33)34-16-10-7-11-17-34/h6-11,14-17,19-22,35-36,41-42,44H,3-5,12-13,18,23-30H2,1-2H3. The fourth-order valence-electron chi connectivity index (χ4n) is 6.90. The molecular weight excluding hydrogens is 562 g/mol. The maximum absolute atomic E-state index is 13.1. The number of carbonyl (C=O) groups excluding carboxylic acids is 1. The van der Waals surface area contributed by atoms with E-state index in [4.69, 9.17) is 4.74 Å². The lowest BCUT2D eigenvalue weighted by Gasteiger charge is -2.42. The van der Waals surface area contributed by atoms with Gasteiger partial charge in [-0.15, -0.1) is 0 Å². The predicted octanol–water partition coefficient (Wildman–Crippen LogP) is 6.91. The number of aliphatic hydroxyl groups is 3. The van der Waals surface area contributed by atoms with Crippen LogP contribution in [0.5, 0.6) is 0 Å². The Morgan fingerprint density at radius 2 is 1.44 bits per heavy atom. The van der Waals surface area contributed by atoms with Gasteiger partial charge in [-0.1, -0.05) is 118 Å². The van der Waals surface area contributed by atoms with Gasteiger partial charge in [0.25, 0.3) is 0 Å². The molecule has 1 saturated heterocycles. The second-order valence-electron chi connectivity index (χ2n) is 12.7. The summed E-state index contributed by atoms with van der Waals surface area (Å²) in [5.41, 5.74) is 1.35. The number of carbonyl (C=O) groups is 1. The van der Waals surface area contributed by atoms with E-state index in [-0.39, 0.29) is 18.5 Å². The van der Waals surface area contributed by atoms with E-state index < -0.39 is 17.1 Å². The van der Waals surface area contributed by atoms with E-state index in [0.717, 1.165) is 86.8 Å². The first-order valence-electron chi connectivity index (χ1n) is 17.0. The number of nitrogens with zero attached hydrogens (tertiary/aromatic N) is 1. The number of ether oxygens (including phenoxy) is 1. The van der Waals surface area contributed by atoms with Crippen LogP contribution in [0.3, 0.4) is 0 Å². The van der Waals surface area contributed by atoms with E-state index in [9.17, 15) is 20.1 Å². The zero-order valence-corrected chi connectivity index (χ0v) is 27.2. The number of unbranched alkanes of at least 4 members (excludes halogenated alkanes) is 2. The molecule has 0 saturated carbocycles. The first-order valence-corrected chi connectivity index (χ1v) is 17.0. The van der Waals surface area contributed by atoms with Crippen molar-refractivity contribution >= 4 is 5.97 Å². The molecule has 3 N–H and O–H groups in total. The van der Waals surface area contributed by atoms with Crippen LogP contribution >= 0.6 is 0 Å². The Hall–Kier alpha value is -3.03. The third kappa shape index (κ3) is 8.42. The van der Waals surface area contributed by atoms with Gasteiger partial charge in [-0.05, 0) is 86.3 Å². The van der Waals surface area contributed by atoms with Crippen LogP contribution in [-0.2, 0) is 20.5 Å². The number of piperidine rings is 1. The number of likely N-dealkylation sites (tertiary alicyclic amines) is 1. The van der Waals surface area contributed by atoms with Crippen molar-refractivity contribution in [1.82, 2.24) is 4.90 Å². The third-order valence-corrected chi connectivity index (χ3v) is 9.71. The van der Waals surface area contributed by atoms with Crippen molar-refractivity contribution in [2.75, 3.05) is 32.8 Å². The van der Waals surface area contributed by atoms with Crippen molar-refractivity contribution in [2.45, 2.75) is 88.8 Å². The summed E-state index contributed by atoms with van der Waals surface area (Å²) >= 11 is 0. The minimum atomic E-state index is -1.08. The smallest absolute Gasteiger partial charge is 0.318 e. The maximum atomic E-state index is 13.1. The van der Waals surface area contributed by atoms with Gasteiger partial charge in [0, 0.05) is 0 Å². The van der Waals surface area contributed by atoms with E-state index in [1.165, 1.54) is 0 Å². The van der Waals surface area contributed by atoms with Gasteiger partial charge in [0.05, 0.1) is 19.3 Å². The van der Waals surface area contributed by atoms with Crippen LogP contribution < -0.4 is 0 Å². The molecule has 4 rings (SSSR count). The van der Waals surface area contributed by atoms with Crippen LogP contribution in [0.1, 0.15) is 100.0 Å². The van der Waals surface area contributed by atoms with Crippen molar-refractivity contribution in [3.63, 3.8) is 0 Å². The largest absolute Gasteiger partial charge is 0.465 e. The van der Waals surface area contributed by atoms with Crippen LogP contribution in [0.25, 0.3) is 0 Å². The lowest BCUT2D eigenvalue weighted by atomic mass is 9.72. The highest BCUT2D eigenvalue weighted by Crippen LogP contribution is 2.42. The number of rotatable bonds is 17. The van der Waals surface area contributed by atoms with Gasteiger partial charge in [-0.2, -0.15) is 0 Å². The third-order valence-electron chi connectivity index (χ3n) is 9.71. The van der Waals surface area contributed by atoms with Crippen molar-refractivity contribution in [2.24, 2.45) is 5.92 Å². The second-order valence-corrected chi connectivity index (χ2v) is 12.7. The molecular formula is C39H53NO5. The van der Waals surface area contributed by atoms with E-state index in [0.29, 0.717) is 19.4 Å². The summed E-state index contributed by atoms with van der Waals surface area (Å²) in [6, 6.07) is 27.6. The number of hydrogen-bond acceptors (Lipinski definition) is 6. The van der Waals surface area contributed by atoms with Crippen molar-refractivity contribution < 1.29 is 24.9 Å². The van der Waals surface area contributed by atoms with Gasteiger partial charge in [-0.3, -0.25) is 4.79 Å². The van der Waals surface area contributed by atoms with Gasteiger partial charge in [0.15, 0.2) is 0 Å². The molecule has 0 amide bonds. The minimum Gasteiger partial charge on any atom is -0.465 e. The van der Waals surface area contributed by atoms with Crippen LogP contribution in [0.15, 0.2) is 84.9 Å². The van der Waals surface area contributed by atoms with Gasteiger partial charge >= 0.3 is 5.97 Å². The molecule has 45 heavy (non-hydrogen) atoms. The van der Waals surface area contributed by atoms with Gasteiger partial charge in [0.2, 0.25) is 0 Å². The second kappa shape index (κ2) is 17.0. The highest BCUT2D eigenvalue weighted by Gasteiger charge is 2.42. The lowest BCUT2D eigenvalue weighted by Crippen LogP contribution is -2.44. The molecule has 0 aliphatic carbocycles. The number of hydrogen-bond donors (Lipinski definition) is 3. The van der Waals surface area contributed by atoms with E-state index in [2.05, 4.69) is 11.8 Å². The molecule has 0 spiro atoms. The summed E-state index contributed by atoms with van der Waals surface area (Å²) in [5, 5.41) is 33.6. The fraction of sp³-hybridized carbons (Fsp3) is 0.513. The number of esters is 1. The molecule has 1 aliphatic heterocycles. The molecule has 3 aromatic carbocycles. The topological polar surface area (TPSA) is 90.2 Å². The molecule has 6 nitrogen and oxygen atoms in total. The fourth-order valence-corrected chi connectivity index (χ4v) is 6.90. The van der Waals surface area contributed by atoms with Crippen LogP contribution in [0, 0.1) is 5.92 Å². The highest BCUT2D eigenvalue weighted by atomic mass is 16.5. The Bertz CT molecular complexity index is 1230. The van der Waals surface area contributed by atoms with Gasteiger partial charge in [0.1, 0.15) is 11.0 Å². The Balaban J connectivity index is 1.32. The number of aliphatic hydroxyl groups excluding tert-OH is 2. The van der Waals surface area contributed by atoms with Crippen LogP contribution in [0.4, 0.5) is 0 Å². The Morgan fingerprint density at radius 3 is 1.98 bits per heavy atom. The van der Waals surface area contributed by atoms with Gasteiger partial charge in [-0.25, -0.2) is 0 Å². The molecule has 1 heterocycles. The first kappa shape index (κ1) is 34.8. The molecule has 0 aromatic heterocycles. The average molecular weight is 616 g/mol. The molecule has 3 aromatic rings. The van der Waals surface area contributed by atoms with E-state index >= 15 is 0 Å². The molecule has 6 heteroatoms. The normalized spacial score (nSPS) is 16.6. The summed E-state index contributed by atoms with van der Waals surface area (Å²) in [6.45, 7) is 6.83. The average Bonchev–Trinajstić information content (AvgIpc) is 3.10. The lowest BCUT2D eigenvalue weighted by molar-refractivity contribution is -0.153. The molecule has 0 bridgehead atoms. The summed E-state index contributed by atoms with van der Waals surface area (Å²) in [7, 11) is 0. The number of benzene rings is 3. The molecule has 2 unspecified atom stereocenters. The quantitative estimate of drug-likeness (QED) is 0.113. The Morgan fingerprint density at radius 1 is 0.844 bits per heavy atom. The predicted molar refractivity (Wildman–Crippen MR) is 180 cm³/mol. The van der Waals surface area contributed by atoms with Gasteiger partial charge < -0.3 is 25.0 Å². The summed E-state index contributed by atoms with van der Waals surface area (Å²) < 4.78 is 5.52. The van der Waals surface area contributed by atoms with E-state index in [1.54, 1.807) is 0 Å². The SMILES string of the molecule is CCCCCC(CO)(C(=O)OCCC)c1ccc(C(O)CCCN2CCC(C(O)(c3ccccc3)c3ccccc3)CC2)cc1. The zero-order valence-electron chi connectivity index (χ0n) is 27.2. The Kier molecular flexibility index (Phi) is 13.2.